The molecule has 2 amide bonds. The average molecular weight is 454 g/mol. The molecule has 0 bridgehead atoms. The number of piperidine rings is 1. The van der Waals surface area contributed by atoms with Crippen LogP contribution < -0.4 is 0 Å². The van der Waals surface area contributed by atoms with E-state index in [1.165, 1.54) is 6.07 Å². The van der Waals surface area contributed by atoms with Crippen molar-refractivity contribution in [3.8, 4) is 0 Å². The zero-order chi connectivity index (χ0) is 23.2. The molecule has 2 aromatic rings. The average Bonchev–Trinajstić information content (AvgIpc) is 3.38. The Morgan fingerprint density at radius 1 is 1.03 bits per heavy atom. The van der Waals surface area contributed by atoms with E-state index in [1.807, 2.05) is 35.8 Å². The van der Waals surface area contributed by atoms with Crippen LogP contribution in [0.2, 0.25) is 0 Å². The van der Waals surface area contributed by atoms with Gasteiger partial charge >= 0.3 is 0 Å². The molecule has 0 unspecified atom stereocenters. The van der Waals surface area contributed by atoms with Crippen molar-refractivity contribution in [1.82, 2.24) is 14.7 Å². The van der Waals surface area contributed by atoms with Crippen LogP contribution in [0, 0.1) is 31.0 Å². The fourth-order valence-electron chi connectivity index (χ4n) is 5.66. The Morgan fingerprint density at radius 2 is 1.76 bits per heavy atom. The molecule has 7 heteroatoms. The van der Waals surface area contributed by atoms with Gasteiger partial charge in [0.25, 0.3) is 5.91 Å². The van der Waals surface area contributed by atoms with Crippen molar-refractivity contribution >= 4 is 11.8 Å². The molecule has 33 heavy (non-hydrogen) atoms. The molecule has 3 aliphatic rings. The Balaban J connectivity index is 1.10. The lowest BCUT2D eigenvalue weighted by Crippen LogP contribution is -2.49. The molecule has 5 rings (SSSR count). The van der Waals surface area contributed by atoms with E-state index in [1.54, 1.807) is 12.1 Å². The third-order valence-electron chi connectivity index (χ3n) is 7.78. The summed E-state index contributed by atoms with van der Waals surface area (Å²) in [6.07, 6.45) is 2.73. The van der Waals surface area contributed by atoms with E-state index in [4.69, 9.17) is 4.42 Å². The van der Waals surface area contributed by atoms with Gasteiger partial charge < -0.3 is 14.2 Å². The van der Waals surface area contributed by atoms with Crippen molar-refractivity contribution in [3.05, 3.63) is 58.8 Å². The maximum Gasteiger partial charge on any atom is 0.257 e. The van der Waals surface area contributed by atoms with Gasteiger partial charge in [-0.25, -0.2) is 4.39 Å². The largest absolute Gasteiger partial charge is 0.466 e. The van der Waals surface area contributed by atoms with Crippen LogP contribution in [0.3, 0.4) is 0 Å². The van der Waals surface area contributed by atoms with Gasteiger partial charge in [-0.2, -0.15) is 0 Å². The first-order valence-corrected chi connectivity index (χ1v) is 12.0. The Morgan fingerprint density at radius 3 is 2.39 bits per heavy atom. The lowest BCUT2D eigenvalue weighted by molar-refractivity contribution is -0.135. The van der Waals surface area contributed by atoms with Crippen LogP contribution in [0.15, 0.2) is 34.7 Å². The molecule has 2 aliphatic heterocycles. The standard InChI is InChI=1S/C26H32FN3O3/c1-18-14-22(19(2)33-18)24(31)29-8-6-26(7-9-29)16-23(26)25(32)30-12-10-28(11-13-30)17-20-4-3-5-21(27)15-20/h3-5,14-15,23H,6-13,16-17H2,1-2H3/t23-/m1/s1. The molecule has 1 saturated carbocycles. The highest BCUT2D eigenvalue weighted by atomic mass is 19.1. The molecule has 2 saturated heterocycles. The molecule has 0 N–H and O–H groups in total. The lowest BCUT2D eigenvalue weighted by atomic mass is 9.90. The number of hydrogen-bond acceptors (Lipinski definition) is 4. The highest BCUT2D eigenvalue weighted by Crippen LogP contribution is 2.60. The van der Waals surface area contributed by atoms with Crippen molar-refractivity contribution in [2.45, 2.75) is 39.7 Å². The Kier molecular flexibility index (Phi) is 5.77. The first-order chi connectivity index (χ1) is 15.8. The molecule has 1 spiro atoms. The summed E-state index contributed by atoms with van der Waals surface area (Å²) >= 11 is 0. The highest BCUT2D eigenvalue weighted by Gasteiger charge is 2.59. The number of furan rings is 1. The van der Waals surface area contributed by atoms with E-state index < -0.39 is 0 Å². The summed E-state index contributed by atoms with van der Waals surface area (Å²) in [5.41, 5.74) is 1.70. The second-order valence-corrected chi connectivity index (χ2v) is 9.97. The maximum atomic E-state index is 13.4. The highest BCUT2D eigenvalue weighted by molar-refractivity contribution is 5.95. The molecule has 1 aromatic heterocycles. The predicted octanol–water partition coefficient (Wildman–Crippen LogP) is 3.62. The monoisotopic (exact) mass is 453 g/mol. The number of carbonyl (C=O) groups is 2. The molecule has 0 radical (unpaired) electrons. The van der Waals surface area contributed by atoms with Gasteiger partial charge in [0.15, 0.2) is 0 Å². The van der Waals surface area contributed by atoms with Gasteiger partial charge in [0.1, 0.15) is 17.3 Å². The lowest BCUT2D eigenvalue weighted by Gasteiger charge is -2.36. The van der Waals surface area contributed by atoms with E-state index in [9.17, 15) is 14.0 Å². The fourth-order valence-corrected chi connectivity index (χ4v) is 5.66. The van der Waals surface area contributed by atoms with E-state index in [2.05, 4.69) is 4.90 Å². The van der Waals surface area contributed by atoms with Crippen LogP contribution in [0.4, 0.5) is 4.39 Å². The first kappa shape index (κ1) is 22.1. The minimum atomic E-state index is -0.205. The second kappa shape index (κ2) is 8.60. The van der Waals surface area contributed by atoms with Crippen molar-refractivity contribution in [3.63, 3.8) is 0 Å². The quantitative estimate of drug-likeness (QED) is 0.710. The van der Waals surface area contributed by atoms with Crippen molar-refractivity contribution in [1.29, 1.82) is 0 Å². The Hall–Kier alpha value is -2.67. The molecule has 176 valence electrons. The van der Waals surface area contributed by atoms with E-state index in [0.717, 1.165) is 56.8 Å². The van der Waals surface area contributed by atoms with Gasteiger partial charge in [-0.3, -0.25) is 14.5 Å². The minimum Gasteiger partial charge on any atom is -0.466 e. The van der Waals surface area contributed by atoms with E-state index in [0.29, 0.717) is 31.0 Å². The first-order valence-electron chi connectivity index (χ1n) is 12.0. The molecular weight excluding hydrogens is 421 g/mol. The van der Waals surface area contributed by atoms with Crippen LogP contribution in [-0.2, 0) is 11.3 Å². The summed E-state index contributed by atoms with van der Waals surface area (Å²) < 4.78 is 19.0. The number of hydrogen-bond donors (Lipinski definition) is 0. The number of amides is 2. The number of halogens is 1. The smallest absolute Gasteiger partial charge is 0.257 e. The number of piperazine rings is 1. The maximum absolute atomic E-state index is 13.4. The van der Waals surface area contributed by atoms with E-state index >= 15 is 0 Å². The van der Waals surface area contributed by atoms with Gasteiger partial charge in [0.2, 0.25) is 5.91 Å². The third kappa shape index (κ3) is 4.43. The number of benzene rings is 1. The van der Waals surface area contributed by atoms with Crippen LogP contribution in [0.1, 0.15) is 46.7 Å². The van der Waals surface area contributed by atoms with Gasteiger partial charge in [-0.15, -0.1) is 0 Å². The number of nitrogens with zero attached hydrogens (tertiary/aromatic N) is 3. The number of aryl methyl sites for hydroxylation is 2. The van der Waals surface area contributed by atoms with Gasteiger partial charge in [0.05, 0.1) is 5.56 Å². The normalized spacial score (nSPS) is 22.6. The molecule has 6 nitrogen and oxygen atoms in total. The second-order valence-electron chi connectivity index (χ2n) is 9.97. The van der Waals surface area contributed by atoms with Gasteiger partial charge in [-0.1, -0.05) is 12.1 Å². The van der Waals surface area contributed by atoms with Crippen molar-refractivity contribution in [2.24, 2.45) is 11.3 Å². The Labute approximate surface area is 194 Å². The minimum absolute atomic E-state index is 0.0390. The molecular formula is C26H32FN3O3. The van der Waals surface area contributed by atoms with Crippen LogP contribution >= 0.6 is 0 Å². The number of carbonyl (C=O) groups excluding carboxylic acids is 2. The van der Waals surface area contributed by atoms with Crippen LogP contribution in [0.25, 0.3) is 0 Å². The van der Waals surface area contributed by atoms with Crippen molar-refractivity contribution < 1.29 is 18.4 Å². The van der Waals surface area contributed by atoms with Gasteiger partial charge in [0, 0.05) is 51.7 Å². The molecule has 1 atom stereocenters. The number of rotatable bonds is 4. The predicted molar refractivity (Wildman–Crippen MR) is 122 cm³/mol. The third-order valence-corrected chi connectivity index (χ3v) is 7.78. The molecule has 3 heterocycles. The van der Waals surface area contributed by atoms with Crippen LogP contribution in [-0.4, -0.2) is 65.8 Å². The zero-order valence-corrected chi connectivity index (χ0v) is 19.5. The van der Waals surface area contributed by atoms with Gasteiger partial charge in [-0.05, 0) is 62.3 Å². The summed E-state index contributed by atoms with van der Waals surface area (Å²) in [5, 5.41) is 0. The summed E-state index contributed by atoms with van der Waals surface area (Å²) in [4.78, 5) is 32.3. The molecule has 1 aromatic carbocycles. The van der Waals surface area contributed by atoms with E-state index in [-0.39, 0.29) is 29.0 Å². The summed E-state index contributed by atoms with van der Waals surface area (Å²) in [5.74, 6) is 1.64. The summed E-state index contributed by atoms with van der Waals surface area (Å²) in [6.45, 7) is 8.89. The molecule has 1 aliphatic carbocycles. The Bertz CT molecular complexity index is 1050. The van der Waals surface area contributed by atoms with Crippen LogP contribution in [0.5, 0.6) is 0 Å². The SMILES string of the molecule is Cc1cc(C(=O)N2CCC3(CC2)C[C@@H]3C(=O)N2CCN(Cc3cccc(F)c3)CC2)c(C)o1. The zero-order valence-electron chi connectivity index (χ0n) is 19.5. The van der Waals surface area contributed by atoms with Crippen molar-refractivity contribution in [2.75, 3.05) is 39.3 Å². The fraction of sp³-hybridized carbons (Fsp3) is 0.538. The summed E-state index contributed by atoms with van der Waals surface area (Å²) in [6, 6.07) is 8.55. The number of likely N-dealkylation sites (tertiary alicyclic amines) is 1. The molecule has 3 fully saturated rings. The topological polar surface area (TPSA) is 57.0 Å². The summed E-state index contributed by atoms with van der Waals surface area (Å²) in [7, 11) is 0.